The van der Waals surface area contributed by atoms with Crippen molar-refractivity contribution in [1.29, 1.82) is 0 Å². The molecule has 1 fully saturated rings. The summed E-state index contributed by atoms with van der Waals surface area (Å²) in [4.78, 5) is 11.1. The van der Waals surface area contributed by atoms with Gasteiger partial charge in [-0.15, -0.1) is 0 Å². The van der Waals surface area contributed by atoms with Crippen molar-refractivity contribution in [3.63, 3.8) is 0 Å². The second kappa shape index (κ2) is 9.75. The van der Waals surface area contributed by atoms with Crippen molar-refractivity contribution in [2.24, 2.45) is 5.92 Å². The summed E-state index contributed by atoms with van der Waals surface area (Å²) in [6.07, 6.45) is 0.391. The van der Waals surface area contributed by atoms with Crippen molar-refractivity contribution >= 4 is 17.6 Å². The molecule has 0 aromatic heterocycles. The van der Waals surface area contributed by atoms with Crippen LogP contribution in [0, 0.1) is 12.8 Å². The van der Waals surface area contributed by atoms with E-state index >= 15 is 0 Å². The molecule has 3 rings (SSSR count). The SMILES string of the molecule is C=C(C)[C@H]1C[C@H](c2cccc(C)c2)[C@H](C)O[C@@H]1c1cc(Cl)cc(OC)c1OCC(=O)O. The van der Waals surface area contributed by atoms with Crippen LogP contribution in [0.4, 0.5) is 0 Å². The number of halogens is 1. The molecule has 1 aliphatic heterocycles. The minimum absolute atomic E-state index is 0.00272. The lowest BCUT2D eigenvalue weighted by atomic mass is 9.75. The third-order valence-corrected chi connectivity index (χ3v) is 6.04. The van der Waals surface area contributed by atoms with E-state index in [9.17, 15) is 4.79 Å². The predicted octanol–water partition coefficient (Wildman–Crippen LogP) is 5.95. The number of carboxylic acid groups (broad SMARTS) is 1. The maximum Gasteiger partial charge on any atom is 0.341 e. The Morgan fingerprint density at radius 2 is 2.06 bits per heavy atom. The Balaban J connectivity index is 2.02. The molecule has 166 valence electrons. The normalized spacial score (nSPS) is 23.3. The van der Waals surface area contributed by atoms with Gasteiger partial charge in [0.1, 0.15) is 0 Å². The monoisotopic (exact) mass is 444 g/mol. The predicted molar refractivity (Wildman–Crippen MR) is 121 cm³/mol. The molecule has 31 heavy (non-hydrogen) atoms. The van der Waals surface area contributed by atoms with Crippen molar-refractivity contribution < 1.29 is 24.1 Å². The largest absolute Gasteiger partial charge is 0.493 e. The molecule has 1 saturated heterocycles. The molecule has 2 aromatic carbocycles. The zero-order chi connectivity index (χ0) is 22.7. The highest BCUT2D eigenvalue weighted by Crippen LogP contribution is 2.50. The third-order valence-electron chi connectivity index (χ3n) is 5.82. The average molecular weight is 445 g/mol. The van der Waals surface area contributed by atoms with Gasteiger partial charge in [0.15, 0.2) is 18.1 Å². The lowest BCUT2D eigenvalue weighted by Crippen LogP contribution is -2.34. The Morgan fingerprint density at radius 3 is 2.68 bits per heavy atom. The first-order valence-corrected chi connectivity index (χ1v) is 10.7. The Kier molecular flexibility index (Phi) is 7.29. The summed E-state index contributed by atoms with van der Waals surface area (Å²) < 4.78 is 17.6. The van der Waals surface area contributed by atoms with Gasteiger partial charge < -0.3 is 19.3 Å². The number of aryl methyl sites for hydroxylation is 1. The number of ether oxygens (including phenoxy) is 3. The maximum absolute atomic E-state index is 11.1. The smallest absolute Gasteiger partial charge is 0.341 e. The molecule has 1 heterocycles. The molecule has 0 radical (unpaired) electrons. The summed E-state index contributed by atoms with van der Waals surface area (Å²) in [5.41, 5.74) is 4.11. The molecule has 0 saturated carbocycles. The van der Waals surface area contributed by atoms with E-state index in [2.05, 4.69) is 44.7 Å². The fourth-order valence-corrected chi connectivity index (χ4v) is 4.52. The quantitative estimate of drug-likeness (QED) is 0.535. The Morgan fingerprint density at radius 1 is 1.32 bits per heavy atom. The Bertz CT molecular complexity index is 970. The third kappa shape index (κ3) is 5.23. The van der Waals surface area contributed by atoms with Crippen LogP contribution < -0.4 is 9.47 Å². The minimum Gasteiger partial charge on any atom is -0.493 e. The highest BCUT2D eigenvalue weighted by molar-refractivity contribution is 6.30. The summed E-state index contributed by atoms with van der Waals surface area (Å²) in [6.45, 7) is 9.86. The van der Waals surface area contributed by atoms with Crippen molar-refractivity contribution in [3.05, 3.63) is 70.3 Å². The standard InChI is InChI=1S/C25H29ClO5/c1-14(2)19-12-20(17-8-6-7-15(3)9-17)16(4)31-24(19)21-10-18(26)11-22(29-5)25(21)30-13-23(27)28/h6-11,16,19-20,24H,1,12-13H2,2-5H3,(H,27,28)/t16-,19+,20-,24-/m0/s1. The molecule has 4 atom stereocenters. The van der Waals surface area contributed by atoms with Crippen molar-refractivity contribution in [3.8, 4) is 11.5 Å². The van der Waals surface area contributed by atoms with E-state index in [0.29, 0.717) is 22.1 Å². The van der Waals surface area contributed by atoms with Crippen LogP contribution in [-0.4, -0.2) is 30.9 Å². The molecule has 0 amide bonds. The lowest BCUT2D eigenvalue weighted by molar-refractivity contribution is -0.139. The van der Waals surface area contributed by atoms with Gasteiger partial charge >= 0.3 is 5.97 Å². The van der Waals surface area contributed by atoms with Gasteiger partial charge in [0.2, 0.25) is 0 Å². The van der Waals surface area contributed by atoms with Gasteiger partial charge in [-0.1, -0.05) is 53.6 Å². The first-order chi connectivity index (χ1) is 14.7. The summed E-state index contributed by atoms with van der Waals surface area (Å²) in [5, 5.41) is 9.59. The molecular weight excluding hydrogens is 416 g/mol. The van der Waals surface area contributed by atoms with Gasteiger partial charge in [0, 0.05) is 28.5 Å². The van der Waals surface area contributed by atoms with Crippen LogP contribution >= 0.6 is 11.6 Å². The number of hydrogen-bond acceptors (Lipinski definition) is 4. The van der Waals surface area contributed by atoms with Crippen LogP contribution in [0.3, 0.4) is 0 Å². The molecule has 5 nitrogen and oxygen atoms in total. The summed E-state index contributed by atoms with van der Waals surface area (Å²) in [7, 11) is 1.50. The fourth-order valence-electron chi connectivity index (χ4n) is 4.31. The molecule has 1 N–H and O–H groups in total. The van der Waals surface area contributed by atoms with Crippen LogP contribution in [0.1, 0.15) is 49.0 Å². The number of methoxy groups -OCH3 is 1. The zero-order valence-electron chi connectivity index (χ0n) is 18.4. The van der Waals surface area contributed by atoms with E-state index < -0.39 is 12.6 Å². The highest BCUT2D eigenvalue weighted by atomic mass is 35.5. The summed E-state index contributed by atoms with van der Waals surface area (Å²) in [6, 6.07) is 11.9. The summed E-state index contributed by atoms with van der Waals surface area (Å²) >= 11 is 6.36. The highest BCUT2D eigenvalue weighted by Gasteiger charge is 2.40. The molecular formula is C25H29ClO5. The molecule has 0 aliphatic carbocycles. The number of aliphatic carboxylic acids is 1. The Hall–Kier alpha value is -2.50. The van der Waals surface area contributed by atoms with E-state index in [1.807, 2.05) is 6.92 Å². The Labute approximate surface area is 188 Å². The van der Waals surface area contributed by atoms with Crippen LogP contribution in [0.15, 0.2) is 48.6 Å². The lowest BCUT2D eigenvalue weighted by Gasteiger charge is -2.42. The molecule has 0 unspecified atom stereocenters. The van der Waals surface area contributed by atoms with Crippen molar-refractivity contribution in [2.45, 2.75) is 45.3 Å². The first-order valence-electron chi connectivity index (χ1n) is 10.3. The van der Waals surface area contributed by atoms with Crippen LogP contribution in [0.5, 0.6) is 11.5 Å². The van der Waals surface area contributed by atoms with Crippen LogP contribution in [0.2, 0.25) is 5.02 Å². The first kappa shape index (κ1) is 23.2. The van der Waals surface area contributed by atoms with E-state index in [-0.39, 0.29) is 24.0 Å². The number of carboxylic acids is 1. The molecule has 6 heteroatoms. The second-order valence-corrected chi connectivity index (χ2v) is 8.62. The second-order valence-electron chi connectivity index (χ2n) is 8.18. The van der Waals surface area contributed by atoms with E-state index in [1.165, 1.54) is 18.2 Å². The maximum atomic E-state index is 11.1. The van der Waals surface area contributed by atoms with Crippen molar-refractivity contribution in [1.82, 2.24) is 0 Å². The number of carbonyl (C=O) groups is 1. The van der Waals surface area contributed by atoms with Crippen LogP contribution in [0.25, 0.3) is 0 Å². The topological polar surface area (TPSA) is 65.0 Å². The zero-order valence-corrected chi connectivity index (χ0v) is 19.1. The van der Waals surface area contributed by atoms with E-state index in [4.69, 9.17) is 30.9 Å². The average Bonchev–Trinajstić information content (AvgIpc) is 2.71. The summed E-state index contributed by atoms with van der Waals surface area (Å²) in [5.74, 6) is -0.149. The number of rotatable bonds is 7. The van der Waals surface area contributed by atoms with Crippen LogP contribution in [-0.2, 0) is 9.53 Å². The van der Waals surface area contributed by atoms with Gasteiger partial charge in [-0.2, -0.15) is 0 Å². The van der Waals surface area contributed by atoms with Gasteiger partial charge in [-0.25, -0.2) is 4.79 Å². The molecule has 2 aromatic rings. The number of benzene rings is 2. The molecule has 1 aliphatic rings. The van der Waals surface area contributed by atoms with E-state index in [0.717, 1.165) is 12.0 Å². The number of hydrogen-bond donors (Lipinski definition) is 1. The van der Waals surface area contributed by atoms with E-state index in [1.54, 1.807) is 12.1 Å². The van der Waals surface area contributed by atoms with Gasteiger partial charge in [-0.05, 0) is 38.8 Å². The molecule has 0 spiro atoms. The minimum atomic E-state index is -1.07. The van der Waals surface area contributed by atoms with Gasteiger partial charge in [-0.3, -0.25) is 0 Å². The fraction of sp³-hybridized carbons (Fsp3) is 0.400. The molecule has 0 bridgehead atoms. The van der Waals surface area contributed by atoms with Gasteiger partial charge in [0.25, 0.3) is 0 Å². The van der Waals surface area contributed by atoms with Gasteiger partial charge in [0.05, 0.1) is 19.3 Å². The van der Waals surface area contributed by atoms with Crippen molar-refractivity contribution in [2.75, 3.05) is 13.7 Å².